The predicted molar refractivity (Wildman–Crippen MR) is 81.0 cm³/mol. The molecular weight excluding hydrogens is 282 g/mol. The van der Waals surface area contributed by atoms with Crippen molar-refractivity contribution < 1.29 is 14.6 Å². The lowest BCUT2D eigenvalue weighted by molar-refractivity contribution is 0.0697. The van der Waals surface area contributed by atoms with E-state index in [4.69, 9.17) is 9.84 Å². The number of nitrogens with zero attached hydrogens (tertiary/aromatic N) is 3. The standard InChI is InChI=1S/C16H15N3O3/c20-16(21)12-6-8-13(9-7-12)22-11-3-10-19-17-14-4-1-2-5-15(14)18-19/h1-2,4-9H,3,10-11H2,(H,20,21). The first-order valence-corrected chi connectivity index (χ1v) is 6.98. The molecule has 0 aliphatic heterocycles. The van der Waals surface area contributed by atoms with E-state index in [9.17, 15) is 4.79 Å². The first-order valence-electron chi connectivity index (χ1n) is 6.98. The summed E-state index contributed by atoms with van der Waals surface area (Å²) in [4.78, 5) is 12.4. The minimum Gasteiger partial charge on any atom is -0.494 e. The summed E-state index contributed by atoms with van der Waals surface area (Å²) in [5.41, 5.74) is 2.01. The van der Waals surface area contributed by atoms with Crippen molar-refractivity contribution in [3.8, 4) is 5.75 Å². The van der Waals surface area contributed by atoms with Gasteiger partial charge < -0.3 is 9.84 Å². The molecule has 0 saturated heterocycles. The molecule has 0 aliphatic rings. The van der Waals surface area contributed by atoms with Crippen molar-refractivity contribution in [3.63, 3.8) is 0 Å². The summed E-state index contributed by atoms with van der Waals surface area (Å²) in [7, 11) is 0. The lowest BCUT2D eigenvalue weighted by atomic mass is 10.2. The molecule has 0 bridgehead atoms. The number of ether oxygens (including phenoxy) is 1. The number of rotatable bonds is 6. The van der Waals surface area contributed by atoms with Crippen LogP contribution in [-0.2, 0) is 6.54 Å². The normalized spacial score (nSPS) is 10.7. The maximum Gasteiger partial charge on any atom is 0.335 e. The molecule has 0 atom stereocenters. The van der Waals surface area contributed by atoms with Crippen LogP contribution in [0.4, 0.5) is 0 Å². The second-order valence-corrected chi connectivity index (χ2v) is 4.82. The summed E-state index contributed by atoms with van der Waals surface area (Å²) in [5, 5.41) is 17.6. The molecule has 0 aliphatic carbocycles. The molecule has 112 valence electrons. The Bertz CT molecular complexity index is 748. The Hall–Kier alpha value is -2.89. The Morgan fingerprint density at radius 3 is 2.27 bits per heavy atom. The van der Waals surface area contributed by atoms with Crippen molar-refractivity contribution in [2.24, 2.45) is 0 Å². The van der Waals surface area contributed by atoms with Gasteiger partial charge in [-0.2, -0.15) is 15.0 Å². The van der Waals surface area contributed by atoms with Crippen molar-refractivity contribution >= 4 is 17.0 Å². The number of benzene rings is 2. The molecule has 0 fully saturated rings. The highest BCUT2D eigenvalue weighted by Crippen LogP contribution is 2.12. The lowest BCUT2D eigenvalue weighted by Gasteiger charge is -2.06. The van der Waals surface area contributed by atoms with E-state index < -0.39 is 5.97 Å². The van der Waals surface area contributed by atoms with Crippen molar-refractivity contribution in [1.82, 2.24) is 15.0 Å². The molecule has 0 radical (unpaired) electrons. The molecule has 0 unspecified atom stereocenters. The van der Waals surface area contributed by atoms with Gasteiger partial charge in [0.15, 0.2) is 0 Å². The van der Waals surface area contributed by atoms with E-state index >= 15 is 0 Å². The SMILES string of the molecule is O=C(O)c1ccc(OCCCn2nc3ccccc3n2)cc1. The highest BCUT2D eigenvalue weighted by molar-refractivity contribution is 5.87. The number of carboxylic acid groups (broad SMARTS) is 1. The van der Waals surface area contributed by atoms with E-state index in [-0.39, 0.29) is 5.56 Å². The van der Waals surface area contributed by atoms with Crippen LogP contribution in [0, 0.1) is 0 Å². The summed E-state index contributed by atoms with van der Waals surface area (Å²) in [6, 6.07) is 14.1. The van der Waals surface area contributed by atoms with Crippen LogP contribution < -0.4 is 4.74 Å². The van der Waals surface area contributed by atoms with Crippen molar-refractivity contribution in [2.75, 3.05) is 6.61 Å². The summed E-state index contributed by atoms with van der Waals surface area (Å²) in [6.45, 7) is 1.19. The van der Waals surface area contributed by atoms with Gasteiger partial charge in [0.25, 0.3) is 0 Å². The third kappa shape index (κ3) is 3.22. The largest absolute Gasteiger partial charge is 0.494 e. The molecule has 1 aromatic heterocycles. The number of hydrogen-bond acceptors (Lipinski definition) is 4. The van der Waals surface area contributed by atoms with Crippen LogP contribution in [0.5, 0.6) is 5.75 Å². The molecule has 6 heteroatoms. The summed E-state index contributed by atoms with van der Waals surface area (Å²) in [6.07, 6.45) is 0.766. The molecule has 3 rings (SSSR count). The van der Waals surface area contributed by atoms with Crippen molar-refractivity contribution in [3.05, 3.63) is 54.1 Å². The zero-order valence-corrected chi connectivity index (χ0v) is 11.8. The van der Waals surface area contributed by atoms with E-state index in [0.29, 0.717) is 18.9 Å². The Kier molecular flexibility index (Phi) is 4.00. The van der Waals surface area contributed by atoms with Gasteiger partial charge in [0.05, 0.1) is 18.7 Å². The van der Waals surface area contributed by atoms with Crippen LogP contribution in [0.3, 0.4) is 0 Å². The number of aryl methyl sites for hydroxylation is 1. The Morgan fingerprint density at radius 2 is 1.68 bits per heavy atom. The molecule has 0 saturated carbocycles. The number of carbonyl (C=O) groups is 1. The number of carboxylic acids is 1. The molecular formula is C16H15N3O3. The smallest absolute Gasteiger partial charge is 0.335 e. The molecule has 6 nitrogen and oxygen atoms in total. The molecule has 2 aromatic carbocycles. The van der Waals surface area contributed by atoms with Crippen LogP contribution in [-0.4, -0.2) is 32.7 Å². The second-order valence-electron chi connectivity index (χ2n) is 4.82. The third-order valence-corrected chi connectivity index (χ3v) is 3.20. The minimum absolute atomic E-state index is 0.250. The fourth-order valence-corrected chi connectivity index (χ4v) is 2.09. The van der Waals surface area contributed by atoms with Gasteiger partial charge >= 0.3 is 5.97 Å². The van der Waals surface area contributed by atoms with Gasteiger partial charge in [-0.15, -0.1) is 0 Å². The average Bonchev–Trinajstić information content (AvgIpc) is 2.95. The first kappa shape index (κ1) is 14.1. The average molecular weight is 297 g/mol. The number of aromatic carboxylic acids is 1. The number of fused-ring (bicyclic) bond motifs is 1. The van der Waals surface area contributed by atoms with Crippen molar-refractivity contribution in [2.45, 2.75) is 13.0 Å². The Morgan fingerprint density at radius 1 is 1.05 bits per heavy atom. The maximum absolute atomic E-state index is 10.7. The molecule has 0 spiro atoms. The van der Waals surface area contributed by atoms with E-state index in [1.807, 2.05) is 24.3 Å². The maximum atomic E-state index is 10.7. The van der Waals surface area contributed by atoms with Crippen LogP contribution in [0.2, 0.25) is 0 Å². The Labute approximate surface area is 126 Å². The topological polar surface area (TPSA) is 77.2 Å². The molecule has 0 amide bonds. The molecule has 1 N–H and O–H groups in total. The summed E-state index contributed by atoms with van der Waals surface area (Å²) >= 11 is 0. The second kappa shape index (κ2) is 6.26. The molecule has 1 heterocycles. The van der Waals surface area contributed by atoms with Gasteiger partial charge in [0.2, 0.25) is 0 Å². The Balaban J connectivity index is 1.49. The lowest BCUT2D eigenvalue weighted by Crippen LogP contribution is -2.07. The van der Waals surface area contributed by atoms with Crippen LogP contribution in [0.15, 0.2) is 48.5 Å². The third-order valence-electron chi connectivity index (χ3n) is 3.20. The highest BCUT2D eigenvalue weighted by Gasteiger charge is 2.03. The zero-order chi connectivity index (χ0) is 15.4. The van der Waals surface area contributed by atoms with Crippen LogP contribution >= 0.6 is 0 Å². The summed E-state index contributed by atoms with van der Waals surface area (Å²) in [5.74, 6) is -0.285. The van der Waals surface area contributed by atoms with Gasteiger partial charge in [0.1, 0.15) is 16.8 Å². The minimum atomic E-state index is -0.941. The monoisotopic (exact) mass is 297 g/mol. The predicted octanol–water partition coefficient (Wildman–Crippen LogP) is 2.60. The van der Waals surface area contributed by atoms with E-state index in [2.05, 4.69) is 10.2 Å². The fourth-order valence-electron chi connectivity index (χ4n) is 2.09. The quantitative estimate of drug-likeness (QED) is 0.708. The van der Waals surface area contributed by atoms with Gasteiger partial charge in [-0.3, -0.25) is 0 Å². The molecule has 3 aromatic rings. The van der Waals surface area contributed by atoms with Gasteiger partial charge in [0, 0.05) is 6.42 Å². The number of hydrogen-bond donors (Lipinski definition) is 1. The van der Waals surface area contributed by atoms with Crippen LogP contribution in [0.1, 0.15) is 16.8 Å². The van der Waals surface area contributed by atoms with Gasteiger partial charge in [-0.05, 0) is 36.4 Å². The number of aromatic nitrogens is 3. The summed E-state index contributed by atoms with van der Waals surface area (Å²) < 4.78 is 5.57. The molecule has 22 heavy (non-hydrogen) atoms. The van der Waals surface area contributed by atoms with E-state index in [1.165, 1.54) is 12.1 Å². The van der Waals surface area contributed by atoms with Gasteiger partial charge in [-0.25, -0.2) is 4.79 Å². The van der Waals surface area contributed by atoms with E-state index in [1.54, 1.807) is 16.9 Å². The highest BCUT2D eigenvalue weighted by atomic mass is 16.5. The van der Waals surface area contributed by atoms with Gasteiger partial charge in [-0.1, -0.05) is 12.1 Å². The van der Waals surface area contributed by atoms with E-state index in [0.717, 1.165) is 17.5 Å². The van der Waals surface area contributed by atoms with Crippen LogP contribution in [0.25, 0.3) is 11.0 Å². The van der Waals surface area contributed by atoms with Crippen molar-refractivity contribution in [1.29, 1.82) is 0 Å². The zero-order valence-electron chi connectivity index (χ0n) is 11.8. The fraction of sp³-hybridized carbons (Fsp3) is 0.188. The first-order chi connectivity index (χ1) is 10.7.